The number of carbonyl (C=O) groups is 1. The Bertz CT molecular complexity index is 1060. The van der Waals surface area contributed by atoms with Crippen LogP contribution in [0.4, 0.5) is 21.7 Å². The molecule has 2 atom stereocenters. The van der Waals surface area contributed by atoms with E-state index in [1.165, 1.54) is 0 Å². The molecular formula is C20H24FN7O. The summed E-state index contributed by atoms with van der Waals surface area (Å²) in [6.45, 7) is 0. The highest BCUT2D eigenvalue weighted by Crippen LogP contribution is 2.29. The van der Waals surface area contributed by atoms with Crippen LogP contribution in [0.15, 0.2) is 30.5 Å². The first-order valence-corrected chi connectivity index (χ1v) is 9.64. The van der Waals surface area contributed by atoms with Crippen molar-refractivity contribution in [3.05, 3.63) is 41.8 Å². The van der Waals surface area contributed by atoms with Gasteiger partial charge in [0, 0.05) is 30.7 Å². The lowest BCUT2D eigenvalue weighted by molar-refractivity contribution is 0.100. The zero-order chi connectivity index (χ0) is 20.5. The molecule has 152 valence electrons. The number of benzene rings is 1. The number of nitrogens with two attached hydrogens (primary N) is 2. The number of pyridine rings is 1. The third kappa shape index (κ3) is 3.86. The highest BCUT2D eigenvalue weighted by atomic mass is 19.1. The van der Waals surface area contributed by atoms with Gasteiger partial charge in [0.05, 0.1) is 11.3 Å². The van der Waals surface area contributed by atoms with Crippen LogP contribution in [-0.4, -0.2) is 32.8 Å². The summed E-state index contributed by atoms with van der Waals surface area (Å²) < 4.78 is 16.3. The smallest absolute Gasteiger partial charge is 0.252 e. The number of nitrogens with one attached hydrogen (secondary N) is 2. The Hall–Kier alpha value is -3.20. The van der Waals surface area contributed by atoms with E-state index in [1.54, 1.807) is 4.68 Å². The number of primary amides is 1. The molecule has 6 N–H and O–H groups in total. The van der Waals surface area contributed by atoms with Crippen molar-refractivity contribution in [3.63, 3.8) is 0 Å². The quantitative estimate of drug-likeness (QED) is 0.525. The minimum absolute atomic E-state index is 0.0334. The maximum absolute atomic E-state index is 14.7. The predicted molar refractivity (Wildman–Crippen MR) is 111 cm³/mol. The largest absolute Gasteiger partial charge is 0.365 e. The van der Waals surface area contributed by atoms with Gasteiger partial charge >= 0.3 is 0 Å². The Kier molecular flexibility index (Phi) is 5.06. The van der Waals surface area contributed by atoms with Gasteiger partial charge < -0.3 is 22.1 Å². The maximum Gasteiger partial charge on any atom is 0.252 e. The molecule has 1 aliphatic carbocycles. The lowest BCUT2D eigenvalue weighted by atomic mass is 9.91. The summed E-state index contributed by atoms with van der Waals surface area (Å²) >= 11 is 0. The van der Waals surface area contributed by atoms with Gasteiger partial charge in [0.25, 0.3) is 5.91 Å². The summed E-state index contributed by atoms with van der Waals surface area (Å²) in [6, 6.07) is 6.57. The van der Waals surface area contributed by atoms with Crippen molar-refractivity contribution < 1.29 is 9.18 Å². The molecule has 9 heteroatoms. The fourth-order valence-corrected chi connectivity index (χ4v) is 3.78. The molecule has 8 nitrogen and oxygen atoms in total. The van der Waals surface area contributed by atoms with E-state index in [9.17, 15) is 9.18 Å². The highest BCUT2D eigenvalue weighted by molar-refractivity contribution is 6.00. The molecule has 1 saturated carbocycles. The van der Waals surface area contributed by atoms with Crippen LogP contribution in [0.1, 0.15) is 36.0 Å². The van der Waals surface area contributed by atoms with E-state index in [0.717, 1.165) is 37.1 Å². The van der Waals surface area contributed by atoms with Crippen molar-refractivity contribution in [1.82, 2.24) is 14.8 Å². The Balaban J connectivity index is 1.71. The summed E-state index contributed by atoms with van der Waals surface area (Å²) in [7, 11) is 1.82. The molecule has 1 aliphatic rings. The van der Waals surface area contributed by atoms with Gasteiger partial charge in [-0.05, 0) is 25.0 Å². The van der Waals surface area contributed by atoms with E-state index in [1.807, 2.05) is 31.4 Å². The molecule has 1 aromatic carbocycles. The van der Waals surface area contributed by atoms with Crippen LogP contribution in [-0.2, 0) is 7.05 Å². The molecular weight excluding hydrogens is 373 g/mol. The average Bonchev–Trinajstić information content (AvgIpc) is 3.07. The van der Waals surface area contributed by atoms with E-state index in [2.05, 4.69) is 20.7 Å². The number of halogens is 1. The summed E-state index contributed by atoms with van der Waals surface area (Å²) in [5.41, 5.74) is 13.0. The van der Waals surface area contributed by atoms with Gasteiger partial charge in [0.15, 0.2) is 11.6 Å². The number of rotatable bonds is 5. The molecule has 1 fully saturated rings. The maximum atomic E-state index is 14.7. The van der Waals surface area contributed by atoms with Crippen LogP contribution >= 0.6 is 0 Å². The van der Waals surface area contributed by atoms with Crippen LogP contribution in [0.5, 0.6) is 0 Å². The normalized spacial score (nSPS) is 19.3. The number of hydrogen-bond acceptors (Lipinski definition) is 6. The van der Waals surface area contributed by atoms with E-state index in [-0.39, 0.29) is 29.3 Å². The molecule has 2 aromatic heterocycles. The first-order chi connectivity index (χ1) is 13.9. The standard InChI is InChI=1S/C20H24FN7O/c1-28-10-11-5-4-8-16(17(11)27-28)25-19-12(18(23)29)9-13(21)20(26-19)24-15-7-3-2-6-14(15)22/h4-5,8-10,14-15H,2-3,6-7,22H2,1H3,(H2,23,29)(H2,24,25,26). The summed E-state index contributed by atoms with van der Waals surface area (Å²) in [4.78, 5) is 16.2. The second-order valence-electron chi connectivity index (χ2n) is 7.45. The molecule has 0 saturated heterocycles. The van der Waals surface area contributed by atoms with Crippen molar-refractivity contribution >= 4 is 34.1 Å². The number of anilines is 3. The zero-order valence-electron chi connectivity index (χ0n) is 16.2. The molecule has 3 aromatic rings. The van der Waals surface area contributed by atoms with Crippen molar-refractivity contribution in [1.29, 1.82) is 0 Å². The molecule has 0 bridgehead atoms. The fourth-order valence-electron chi connectivity index (χ4n) is 3.78. The van der Waals surface area contributed by atoms with Crippen molar-refractivity contribution in [2.45, 2.75) is 37.8 Å². The Labute approximate surface area is 167 Å². The van der Waals surface area contributed by atoms with E-state index >= 15 is 0 Å². The summed E-state index contributed by atoms with van der Waals surface area (Å²) in [5, 5.41) is 11.6. The Morgan fingerprint density at radius 3 is 2.83 bits per heavy atom. The van der Waals surface area contributed by atoms with Crippen molar-refractivity contribution in [3.8, 4) is 0 Å². The second-order valence-corrected chi connectivity index (χ2v) is 7.45. The molecule has 29 heavy (non-hydrogen) atoms. The van der Waals surface area contributed by atoms with Crippen molar-refractivity contribution in [2.75, 3.05) is 10.6 Å². The molecule has 2 unspecified atom stereocenters. The van der Waals surface area contributed by atoms with Crippen LogP contribution in [0.3, 0.4) is 0 Å². The fraction of sp³-hybridized carbons (Fsp3) is 0.350. The molecule has 4 rings (SSSR count). The topological polar surface area (TPSA) is 124 Å². The average molecular weight is 397 g/mol. The van der Waals surface area contributed by atoms with Gasteiger partial charge in [-0.3, -0.25) is 9.48 Å². The predicted octanol–water partition coefficient (Wildman–Crippen LogP) is 2.63. The second kappa shape index (κ2) is 7.67. The van der Waals surface area contributed by atoms with Crippen LogP contribution in [0, 0.1) is 5.82 Å². The lowest BCUT2D eigenvalue weighted by Gasteiger charge is -2.30. The number of hydrogen-bond donors (Lipinski definition) is 4. The van der Waals surface area contributed by atoms with E-state index in [0.29, 0.717) is 11.2 Å². The molecule has 0 aliphatic heterocycles. The summed E-state index contributed by atoms with van der Waals surface area (Å²) in [5.74, 6) is -1.19. The third-order valence-electron chi connectivity index (χ3n) is 5.29. The monoisotopic (exact) mass is 397 g/mol. The minimum Gasteiger partial charge on any atom is -0.365 e. The number of aromatic nitrogens is 3. The minimum atomic E-state index is -0.770. The number of amides is 1. The van der Waals surface area contributed by atoms with Gasteiger partial charge in [-0.15, -0.1) is 0 Å². The molecule has 0 spiro atoms. The molecule has 1 amide bonds. The van der Waals surface area contributed by atoms with Gasteiger partial charge in [0.2, 0.25) is 0 Å². The van der Waals surface area contributed by atoms with Gasteiger partial charge in [0.1, 0.15) is 11.3 Å². The van der Waals surface area contributed by atoms with Gasteiger partial charge in [-0.2, -0.15) is 5.10 Å². The Morgan fingerprint density at radius 1 is 1.28 bits per heavy atom. The van der Waals surface area contributed by atoms with Crippen LogP contribution in [0.2, 0.25) is 0 Å². The number of nitrogens with zero attached hydrogens (tertiary/aromatic N) is 3. The van der Waals surface area contributed by atoms with Crippen LogP contribution < -0.4 is 22.1 Å². The first-order valence-electron chi connectivity index (χ1n) is 9.64. The highest BCUT2D eigenvalue weighted by Gasteiger charge is 2.24. The number of fused-ring (bicyclic) bond motifs is 1. The van der Waals surface area contributed by atoms with Gasteiger partial charge in [-0.1, -0.05) is 25.0 Å². The van der Waals surface area contributed by atoms with Gasteiger partial charge in [-0.25, -0.2) is 9.37 Å². The number of aryl methyl sites for hydroxylation is 1. The SMILES string of the molecule is Cn1cc2cccc(Nc3nc(NC4CCCCC4N)c(F)cc3C(N)=O)c2n1. The molecule has 0 radical (unpaired) electrons. The van der Waals surface area contributed by atoms with E-state index < -0.39 is 11.7 Å². The third-order valence-corrected chi connectivity index (χ3v) is 5.29. The van der Waals surface area contributed by atoms with Crippen LogP contribution in [0.25, 0.3) is 10.9 Å². The lowest BCUT2D eigenvalue weighted by Crippen LogP contribution is -2.43. The Morgan fingerprint density at radius 2 is 2.07 bits per heavy atom. The zero-order valence-corrected chi connectivity index (χ0v) is 16.2. The first kappa shape index (κ1) is 19.1. The number of carbonyl (C=O) groups excluding carboxylic acids is 1. The van der Waals surface area contributed by atoms with Crippen molar-refractivity contribution in [2.24, 2.45) is 18.5 Å². The van der Waals surface area contributed by atoms with E-state index in [4.69, 9.17) is 11.5 Å². The summed E-state index contributed by atoms with van der Waals surface area (Å²) in [6.07, 6.45) is 5.70. The molecule has 2 heterocycles.